The van der Waals surface area contributed by atoms with E-state index in [2.05, 4.69) is 50.3 Å². The van der Waals surface area contributed by atoms with E-state index in [4.69, 9.17) is 24.3 Å². The Morgan fingerprint density at radius 3 is 2.12 bits per heavy atom. The zero-order valence-electron chi connectivity index (χ0n) is 34.4. The van der Waals surface area contributed by atoms with Gasteiger partial charge in [0, 0.05) is 31.7 Å². The summed E-state index contributed by atoms with van der Waals surface area (Å²) in [5.41, 5.74) is 5.34. The topological polar surface area (TPSA) is 195 Å². The van der Waals surface area contributed by atoms with Crippen molar-refractivity contribution in [1.82, 2.24) is 0 Å². The van der Waals surface area contributed by atoms with Crippen molar-refractivity contribution in [2.45, 2.75) is 173 Å². The quantitative estimate of drug-likeness (QED) is 0.0178. The lowest BCUT2D eigenvalue weighted by molar-refractivity contribution is -0.161. The monoisotopic (exact) mass is 814 g/mol. The molecule has 56 heavy (non-hydrogen) atoms. The number of unbranched alkanes of at least 4 members (excludes halogenated alkanes) is 10. The van der Waals surface area contributed by atoms with Gasteiger partial charge in [0.25, 0.3) is 0 Å². The van der Waals surface area contributed by atoms with Gasteiger partial charge in [-0.25, -0.2) is 4.57 Å². The third-order valence-electron chi connectivity index (χ3n) is 9.80. The van der Waals surface area contributed by atoms with Crippen molar-refractivity contribution in [2.75, 3.05) is 26.4 Å². The largest absolute Gasteiger partial charge is 0.472 e. The highest BCUT2D eigenvalue weighted by molar-refractivity contribution is 7.47. The molecule has 1 unspecified atom stereocenters. The van der Waals surface area contributed by atoms with E-state index >= 15 is 0 Å². The van der Waals surface area contributed by atoms with Gasteiger partial charge in [-0.05, 0) is 63.7 Å². The van der Waals surface area contributed by atoms with Crippen molar-refractivity contribution in [3.05, 3.63) is 48.6 Å². The van der Waals surface area contributed by atoms with Gasteiger partial charge in [-0.2, -0.15) is 0 Å². The zero-order chi connectivity index (χ0) is 41.3. The number of phosphoric acid groups is 1. The van der Waals surface area contributed by atoms with Crippen LogP contribution in [0.15, 0.2) is 48.6 Å². The Balaban J connectivity index is 2.40. The van der Waals surface area contributed by atoms with E-state index in [1.54, 1.807) is 6.08 Å². The highest BCUT2D eigenvalue weighted by Crippen LogP contribution is 2.43. The van der Waals surface area contributed by atoms with E-state index in [0.717, 1.165) is 96.3 Å². The molecule has 13 heteroatoms. The molecule has 1 fully saturated rings. The molecule has 0 aliphatic heterocycles. The second-order valence-electron chi connectivity index (χ2n) is 14.8. The van der Waals surface area contributed by atoms with Gasteiger partial charge in [0.1, 0.15) is 6.61 Å². The Morgan fingerprint density at radius 2 is 1.43 bits per heavy atom. The minimum Gasteiger partial charge on any atom is -0.462 e. The minimum absolute atomic E-state index is 0.0145. The smallest absolute Gasteiger partial charge is 0.462 e. The maximum Gasteiger partial charge on any atom is 0.472 e. The molecular formula is C43H76NO11P. The van der Waals surface area contributed by atoms with Gasteiger partial charge >= 0.3 is 19.8 Å². The highest BCUT2D eigenvalue weighted by Gasteiger charge is 2.39. The number of ether oxygens (including phenoxy) is 2. The summed E-state index contributed by atoms with van der Waals surface area (Å²) in [7, 11) is -4.44. The molecule has 0 heterocycles. The summed E-state index contributed by atoms with van der Waals surface area (Å²) in [4.78, 5) is 35.0. The standard InChI is InChI=1S/C43H76NO11P/c1-3-5-7-8-9-10-11-12-13-14-15-16-17-18-23-27-42(48)52-34-37(35-54-56(50,51)53-32-31-44)55-43(49)28-24-20-19-22-26-38-39(41(47)33-40(38)46)30-29-36(45)25-21-6-4-2/h5,7,9-10,12-13,29-30,36-41,45-47H,3-4,6,8,11,14-28,31-35,44H2,1-2H3,(H,50,51)/b7-5-,10-9-,13-12-,30-29+/t36-,37+,38+,39+,40-,41+/m0/s1. The average molecular weight is 814 g/mol. The van der Waals surface area contributed by atoms with Crippen LogP contribution in [0.3, 0.4) is 0 Å². The number of hydrogen-bond acceptors (Lipinski definition) is 11. The average Bonchev–Trinajstić information content (AvgIpc) is 3.44. The molecule has 1 aliphatic rings. The van der Waals surface area contributed by atoms with Gasteiger partial charge in [0.05, 0.1) is 31.5 Å². The van der Waals surface area contributed by atoms with Gasteiger partial charge < -0.3 is 35.4 Å². The van der Waals surface area contributed by atoms with Gasteiger partial charge in [-0.3, -0.25) is 18.6 Å². The summed E-state index contributed by atoms with van der Waals surface area (Å²) in [5, 5.41) is 31.4. The number of rotatable bonds is 35. The second kappa shape index (κ2) is 33.8. The Morgan fingerprint density at radius 1 is 0.786 bits per heavy atom. The summed E-state index contributed by atoms with van der Waals surface area (Å²) in [6.07, 6.45) is 30.6. The Labute approximate surface area is 337 Å². The first-order valence-corrected chi connectivity index (χ1v) is 22.9. The fourth-order valence-corrected chi connectivity index (χ4v) is 7.39. The summed E-state index contributed by atoms with van der Waals surface area (Å²) in [6, 6.07) is 0. The lowest BCUT2D eigenvalue weighted by Crippen LogP contribution is -2.29. The van der Waals surface area contributed by atoms with Gasteiger partial charge in [0.15, 0.2) is 6.10 Å². The number of esters is 2. The van der Waals surface area contributed by atoms with Crippen LogP contribution in [-0.2, 0) is 32.7 Å². The van der Waals surface area contributed by atoms with Crippen LogP contribution in [0.25, 0.3) is 0 Å². The van der Waals surface area contributed by atoms with Crippen molar-refractivity contribution in [3.8, 4) is 0 Å². The second-order valence-corrected chi connectivity index (χ2v) is 16.2. The lowest BCUT2D eigenvalue weighted by Gasteiger charge is -2.21. The van der Waals surface area contributed by atoms with Crippen molar-refractivity contribution in [2.24, 2.45) is 17.6 Å². The molecule has 12 nitrogen and oxygen atoms in total. The first-order chi connectivity index (χ1) is 27.0. The number of hydrogen-bond donors (Lipinski definition) is 5. The fourth-order valence-electron chi connectivity index (χ4n) is 6.63. The third-order valence-corrected chi connectivity index (χ3v) is 10.8. The summed E-state index contributed by atoms with van der Waals surface area (Å²) < 4.78 is 32.8. The maximum atomic E-state index is 12.7. The van der Waals surface area contributed by atoms with E-state index in [1.165, 1.54) is 0 Å². The van der Waals surface area contributed by atoms with E-state index in [9.17, 15) is 34.4 Å². The van der Waals surface area contributed by atoms with Crippen LogP contribution >= 0.6 is 7.82 Å². The van der Waals surface area contributed by atoms with Crippen LogP contribution < -0.4 is 5.73 Å². The molecular weight excluding hydrogens is 737 g/mol. The predicted octanol–water partition coefficient (Wildman–Crippen LogP) is 8.32. The molecule has 1 aliphatic carbocycles. The van der Waals surface area contributed by atoms with Gasteiger partial charge in [0.2, 0.25) is 0 Å². The van der Waals surface area contributed by atoms with Crippen molar-refractivity contribution in [1.29, 1.82) is 0 Å². The Bertz CT molecular complexity index is 1180. The maximum absolute atomic E-state index is 12.7. The van der Waals surface area contributed by atoms with E-state index < -0.39 is 50.8 Å². The predicted molar refractivity (Wildman–Crippen MR) is 221 cm³/mol. The molecule has 0 aromatic carbocycles. The summed E-state index contributed by atoms with van der Waals surface area (Å²) >= 11 is 0. The molecule has 7 atom stereocenters. The molecule has 0 saturated heterocycles. The zero-order valence-corrected chi connectivity index (χ0v) is 35.3. The van der Waals surface area contributed by atoms with Crippen LogP contribution in [0.1, 0.15) is 149 Å². The first-order valence-electron chi connectivity index (χ1n) is 21.4. The highest BCUT2D eigenvalue weighted by atomic mass is 31.2. The molecule has 0 spiro atoms. The van der Waals surface area contributed by atoms with Crippen LogP contribution in [0, 0.1) is 11.8 Å². The molecule has 0 amide bonds. The van der Waals surface area contributed by atoms with E-state index in [-0.39, 0.29) is 44.4 Å². The number of carbonyl (C=O) groups is 2. The molecule has 0 bridgehead atoms. The number of nitrogens with two attached hydrogens (primary N) is 1. The number of aliphatic hydroxyl groups is 3. The van der Waals surface area contributed by atoms with Gasteiger partial charge in [-0.15, -0.1) is 0 Å². The van der Waals surface area contributed by atoms with Crippen molar-refractivity contribution < 1.29 is 52.9 Å². The van der Waals surface area contributed by atoms with E-state index in [1.807, 2.05) is 6.08 Å². The molecule has 324 valence electrons. The van der Waals surface area contributed by atoms with Crippen LogP contribution in [0.2, 0.25) is 0 Å². The van der Waals surface area contributed by atoms with E-state index in [0.29, 0.717) is 25.7 Å². The summed E-state index contributed by atoms with van der Waals surface area (Å²) in [5.74, 6) is -1.29. The number of carbonyl (C=O) groups excluding carboxylic acids is 2. The fraction of sp³-hybridized carbons (Fsp3) is 0.767. The van der Waals surface area contributed by atoms with Crippen LogP contribution in [-0.4, -0.2) is 82.9 Å². The minimum atomic E-state index is -4.44. The molecule has 6 N–H and O–H groups in total. The first kappa shape index (κ1) is 51.9. The van der Waals surface area contributed by atoms with Gasteiger partial charge in [-0.1, -0.05) is 120 Å². The molecule has 1 saturated carbocycles. The number of aliphatic hydroxyl groups excluding tert-OH is 3. The third kappa shape index (κ3) is 27.5. The van der Waals surface area contributed by atoms with Crippen molar-refractivity contribution >= 4 is 19.8 Å². The molecule has 0 radical (unpaired) electrons. The number of allylic oxidation sites excluding steroid dienone is 6. The molecule has 0 aromatic rings. The van der Waals surface area contributed by atoms with Crippen molar-refractivity contribution in [3.63, 3.8) is 0 Å². The SMILES string of the molecule is CC/C=C\C/C=C\C/C=C\CCCCCCCC(=O)OC[C@H](COP(=O)(O)OCCN)OC(=O)CCCCCC[C@@H]1[C@@H](/C=C/[C@@H](O)CCCCC)[C@H](O)C[C@@H]1O. The van der Waals surface area contributed by atoms with Crippen LogP contribution in [0.5, 0.6) is 0 Å². The normalized spacial score (nSPS) is 21.1. The lowest BCUT2D eigenvalue weighted by atomic mass is 9.88. The van der Waals surface area contributed by atoms with Crippen LogP contribution in [0.4, 0.5) is 0 Å². The molecule has 0 aromatic heterocycles. The summed E-state index contributed by atoms with van der Waals surface area (Å²) in [6.45, 7) is 3.24. The Kier molecular flexibility index (Phi) is 31.3. The Hall–Kier alpha value is -2.15. The number of phosphoric ester groups is 1. The molecule has 1 rings (SSSR count).